The highest BCUT2D eigenvalue weighted by atomic mass is 28.3. The average Bonchev–Trinajstić information content (AvgIpc) is 2.00. The molecule has 1 fully saturated rings. The second-order valence-corrected chi connectivity index (χ2v) is 6.60. The number of hydrogen-bond acceptors (Lipinski definition) is 1. The van der Waals surface area contributed by atoms with Gasteiger partial charge in [-0.2, -0.15) is 0 Å². The first kappa shape index (κ1) is 7.50. The SMILES string of the molecule is C1CCC[SiH2]O[SiH2]CC1. The van der Waals surface area contributed by atoms with Crippen molar-refractivity contribution >= 4 is 19.5 Å². The van der Waals surface area contributed by atoms with Gasteiger partial charge in [-0.25, -0.2) is 0 Å². The molecule has 0 aromatic heterocycles. The third kappa shape index (κ3) is 3.89. The van der Waals surface area contributed by atoms with Gasteiger partial charge in [0.15, 0.2) is 0 Å². The highest BCUT2D eigenvalue weighted by Crippen LogP contribution is 2.07. The van der Waals surface area contributed by atoms with Crippen LogP contribution in [-0.4, -0.2) is 19.5 Å². The molecule has 0 aromatic rings. The van der Waals surface area contributed by atoms with E-state index >= 15 is 0 Å². The van der Waals surface area contributed by atoms with Crippen LogP contribution in [0.2, 0.25) is 12.1 Å². The van der Waals surface area contributed by atoms with Crippen LogP contribution in [0, 0.1) is 0 Å². The molecular weight excluding hydrogens is 144 g/mol. The summed E-state index contributed by atoms with van der Waals surface area (Å²) in [7, 11) is -0.0179. The first-order chi connectivity index (χ1) is 4.50. The van der Waals surface area contributed by atoms with Gasteiger partial charge in [-0.15, -0.1) is 0 Å². The van der Waals surface area contributed by atoms with Crippen molar-refractivity contribution in [2.75, 3.05) is 0 Å². The topological polar surface area (TPSA) is 9.23 Å². The molecule has 1 rings (SSSR count). The Balaban J connectivity index is 2.02. The minimum Gasteiger partial charge on any atom is -0.465 e. The van der Waals surface area contributed by atoms with Crippen molar-refractivity contribution in [2.45, 2.75) is 37.8 Å². The molecule has 1 aliphatic heterocycles. The van der Waals surface area contributed by atoms with Crippen LogP contribution in [0.5, 0.6) is 0 Å². The molecule has 1 aliphatic rings. The van der Waals surface area contributed by atoms with Crippen molar-refractivity contribution in [1.29, 1.82) is 0 Å². The van der Waals surface area contributed by atoms with Crippen LogP contribution >= 0.6 is 0 Å². The molecule has 0 radical (unpaired) electrons. The Morgan fingerprint density at radius 3 is 1.89 bits per heavy atom. The molecule has 0 atom stereocenters. The fourth-order valence-electron chi connectivity index (χ4n) is 1.22. The van der Waals surface area contributed by atoms with Gasteiger partial charge < -0.3 is 4.12 Å². The van der Waals surface area contributed by atoms with E-state index in [2.05, 4.69) is 0 Å². The predicted octanol–water partition coefficient (Wildman–Crippen LogP) is 0.581. The van der Waals surface area contributed by atoms with E-state index in [0.717, 1.165) is 0 Å². The largest absolute Gasteiger partial charge is 0.465 e. The Hall–Kier alpha value is 0.394. The summed E-state index contributed by atoms with van der Waals surface area (Å²) in [6.45, 7) is 0. The van der Waals surface area contributed by atoms with E-state index in [0.29, 0.717) is 0 Å². The molecule has 0 saturated carbocycles. The Morgan fingerprint density at radius 1 is 0.778 bits per heavy atom. The minimum atomic E-state index is -0.00895. The Labute approximate surface area is 62.1 Å². The van der Waals surface area contributed by atoms with Crippen LogP contribution in [0.3, 0.4) is 0 Å². The lowest BCUT2D eigenvalue weighted by molar-refractivity contribution is 0.632. The number of rotatable bonds is 0. The molecule has 3 heteroatoms. The molecule has 54 valence electrons. The zero-order chi connectivity index (χ0) is 6.36. The molecule has 1 heterocycles. The summed E-state index contributed by atoms with van der Waals surface area (Å²) in [5, 5.41) is 0. The first-order valence-corrected chi connectivity index (χ1v) is 7.23. The van der Waals surface area contributed by atoms with E-state index in [-0.39, 0.29) is 19.5 Å². The maximum atomic E-state index is 5.63. The van der Waals surface area contributed by atoms with Crippen molar-refractivity contribution in [3.8, 4) is 0 Å². The zero-order valence-electron chi connectivity index (χ0n) is 6.07. The smallest absolute Gasteiger partial charge is 0.146 e. The van der Waals surface area contributed by atoms with Gasteiger partial charge >= 0.3 is 0 Å². The van der Waals surface area contributed by atoms with Crippen LogP contribution in [0.4, 0.5) is 0 Å². The van der Waals surface area contributed by atoms with Gasteiger partial charge in [0.25, 0.3) is 0 Å². The van der Waals surface area contributed by atoms with Crippen LogP contribution in [0.1, 0.15) is 25.7 Å². The van der Waals surface area contributed by atoms with Crippen molar-refractivity contribution < 1.29 is 4.12 Å². The van der Waals surface area contributed by atoms with Gasteiger partial charge in [-0.1, -0.05) is 25.7 Å². The lowest BCUT2D eigenvalue weighted by Crippen LogP contribution is -2.01. The second-order valence-electron chi connectivity index (χ2n) is 2.73. The second kappa shape index (κ2) is 5.20. The molecule has 0 N–H and O–H groups in total. The zero-order valence-corrected chi connectivity index (χ0v) is 8.89. The maximum absolute atomic E-state index is 5.63. The molecule has 0 amide bonds. The van der Waals surface area contributed by atoms with Crippen LogP contribution in [0.25, 0.3) is 0 Å². The summed E-state index contributed by atoms with van der Waals surface area (Å²) < 4.78 is 5.63. The Morgan fingerprint density at radius 2 is 1.33 bits per heavy atom. The van der Waals surface area contributed by atoms with Crippen LogP contribution in [0.15, 0.2) is 0 Å². The van der Waals surface area contributed by atoms with Gasteiger partial charge in [-0.3, -0.25) is 0 Å². The van der Waals surface area contributed by atoms with Crippen LogP contribution < -0.4 is 0 Å². The van der Waals surface area contributed by atoms with Gasteiger partial charge in [0.2, 0.25) is 0 Å². The number of hydrogen-bond donors (Lipinski definition) is 0. The van der Waals surface area contributed by atoms with E-state index in [1.165, 1.54) is 37.8 Å². The lowest BCUT2D eigenvalue weighted by Gasteiger charge is -1.96. The van der Waals surface area contributed by atoms with Crippen molar-refractivity contribution in [2.24, 2.45) is 0 Å². The lowest BCUT2D eigenvalue weighted by atomic mass is 10.2. The summed E-state index contributed by atoms with van der Waals surface area (Å²) in [5.41, 5.74) is 0. The third-order valence-corrected chi connectivity index (χ3v) is 5.71. The van der Waals surface area contributed by atoms with E-state index in [9.17, 15) is 0 Å². The predicted molar refractivity (Wildman–Crippen MR) is 46.3 cm³/mol. The molecule has 0 spiro atoms. The highest BCUT2D eigenvalue weighted by molar-refractivity contribution is 6.42. The fraction of sp³-hybridized carbons (Fsp3) is 1.00. The van der Waals surface area contributed by atoms with E-state index in [1.807, 2.05) is 0 Å². The first-order valence-electron chi connectivity index (χ1n) is 4.08. The summed E-state index contributed by atoms with van der Waals surface area (Å²) in [5.74, 6) is 0. The fourth-order valence-corrected chi connectivity index (χ4v) is 4.78. The van der Waals surface area contributed by atoms with E-state index in [1.54, 1.807) is 0 Å². The maximum Gasteiger partial charge on any atom is 0.146 e. The molecular formula is C6H16OSi2. The van der Waals surface area contributed by atoms with Crippen LogP contribution in [-0.2, 0) is 4.12 Å². The molecule has 1 saturated heterocycles. The molecule has 0 aliphatic carbocycles. The summed E-state index contributed by atoms with van der Waals surface area (Å²) in [6, 6.07) is 2.90. The standard InChI is InChI=1S/C6H16OSi2/c1-2-4-6-9-7-8-5-3-1/h1-6,8-9H2. The van der Waals surface area contributed by atoms with Gasteiger partial charge in [-0.05, 0) is 12.1 Å². The average molecular weight is 160 g/mol. The normalized spacial score (nSPS) is 29.3. The summed E-state index contributed by atoms with van der Waals surface area (Å²) >= 11 is 0. The Kier molecular flexibility index (Phi) is 4.33. The monoisotopic (exact) mass is 160 g/mol. The quantitative estimate of drug-likeness (QED) is 0.471. The minimum absolute atomic E-state index is 0.00895. The Bertz CT molecular complexity index is 39.5. The summed E-state index contributed by atoms with van der Waals surface area (Å²) in [6.07, 6.45) is 5.87. The van der Waals surface area contributed by atoms with Crippen molar-refractivity contribution in [1.82, 2.24) is 0 Å². The molecule has 0 unspecified atom stereocenters. The van der Waals surface area contributed by atoms with Crippen molar-refractivity contribution in [3.63, 3.8) is 0 Å². The van der Waals surface area contributed by atoms with Crippen molar-refractivity contribution in [3.05, 3.63) is 0 Å². The molecule has 9 heavy (non-hydrogen) atoms. The van der Waals surface area contributed by atoms with Gasteiger partial charge in [0.1, 0.15) is 19.5 Å². The summed E-state index contributed by atoms with van der Waals surface area (Å²) in [4.78, 5) is 0. The van der Waals surface area contributed by atoms with E-state index < -0.39 is 0 Å². The molecule has 0 aromatic carbocycles. The molecule has 1 nitrogen and oxygen atoms in total. The van der Waals surface area contributed by atoms with Gasteiger partial charge in [0.05, 0.1) is 0 Å². The van der Waals surface area contributed by atoms with Gasteiger partial charge in [0, 0.05) is 0 Å². The van der Waals surface area contributed by atoms with E-state index in [4.69, 9.17) is 4.12 Å². The third-order valence-electron chi connectivity index (χ3n) is 1.83. The molecule has 0 bridgehead atoms. The highest BCUT2D eigenvalue weighted by Gasteiger charge is 1.96.